The van der Waals surface area contributed by atoms with Crippen LogP contribution in [0, 0.1) is 5.41 Å². The van der Waals surface area contributed by atoms with Crippen molar-refractivity contribution in [1.82, 2.24) is 31.1 Å². The number of likely N-dealkylation sites (tertiary alicyclic amines) is 2. The van der Waals surface area contributed by atoms with Gasteiger partial charge >= 0.3 is 12.1 Å². The van der Waals surface area contributed by atoms with Gasteiger partial charge in [-0.3, -0.25) is 9.59 Å². The Morgan fingerprint density at radius 1 is 0.914 bits per heavy atom. The quantitative estimate of drug-likeness (QED) is 0.416. The Hall–Kier alpha value is -2.56. The van der Waals surface area contributed by atoms with Gasteiger partial charge in [0.2, 0.25) is 11.8 Å². The van der Waals surface area contributed by atoms with Crippen LogP contribution in [0.5, 0.6) is 0 Å². The Balaban J connectivity index is 2.33. The highest BCUT2D eigenvalue weighted by atomic mass is 16.6. The molecule has 200 valence electrons. The van der Waals surface area contributed by atoms with E-state index in [-0.39, 0.29) is 42.5 Å². The number of rotatable bonds is 7. The van der Waals surface area contributed by atoms with E-state index in [0.717, 1.165) is 0 Å². The Morgan fingerprint density at radius 3 is 2.03 bits per heavy atom. The van der Waals surface area contributed by atoms with Crippen LogP contribution in [0.25, 0.3) is 0 Å². The van der Waals surface area contributed by atoms with Crippen molar-refractivity contribution in [2.24, 2.45) is 5.41 Å². The molecular weight excluding hydrogens is 452 g/mol. The summed E-state index contributed by atoms with van der Waals surface area (Å²) in [6.45, 7) is 15.4. The third kappa shape index (κ3) is 6.99. The largest absolute Gasteiger partial charge is 0.442 e. The van der Waals surface area contributed by atoms with Gasteiger partial charge in [-0.15, -0.1) is 0 Å². The molecule has 5 atom stereocenters. The zero-order valence-corrected chi connectivity index (χ0v) is 22.6. The smallest absolute Gasteiger partial charge is 0.407 e. The molecule has 2 saturated heterocycles. The van der Waals surface area contributed by atoms with Crippen LogP contribution >= 0.6 is 0 Å². The van der Waals surface area contributed by atoms with Crippen molar-refractivity contribution in [3.63, 3.8) is 0 Å². The molecule has 2 fully saturated rings. The molecule has 5 unspecified atom stereocenters. The number of urea groups is 1. The van der Waals surface area contributed by atoms with Gasteiger partial charge in [0.25, 0.3) is 0 Å². The number of ether oxygens (including phenoxy) is 1. The number of likely N-dealkylation sites (N-methyl/N-ethyl adjacent to an activating group) is 1. The molecule has 2 rings (SSSR count). The van der Waals surface area contributed by atoms with Crippen LogP contribution in [0.3, 0.4) is 0 Å². The monoisotopic (exact) mass is 496 g/mol. The van der Waals surface area contributed by atoms with Gasteiger partial charge in [-0.05, 0) is 53.5 Å². The predicted molar refractivity (Wildman–Crippen MR) is 133 cm³/mol. The number of fused-ring (bicyclic) bond motifs is 1. The average Bonchev–Trinajstić information content (AvgIpc) is 3.30. The molecule has 5 amide bonds. The summed E-state index contributed by atoms with van der Waals surface area (Å²) in [5.74, 6) is -0.518. The SMILES string of the molecule is CNC(C)C(=O)NC(C(=O)N1CCC2C1C(OC(=O)NC(C)C)CN2C(=O)NC(C)C)C(C)(C)C. The maximum absolute atomic E-state index is 13.9. The van der Waals surface area contributed by atoms with Gasteiger partial charge in [-0.2, -0.15) is 0 Å². The lowest BCUT2D eigenvalue weighted by Crippen LogP contribution is -2.59. The topological polar surface area (TPSA) is 132 Å². The van der Waals surface area contributed by atoms with Crippen LogP contribution < -0.4 is 21.3 Å². The van der Waals surface area contributed by atoms with E-state index in [0.29, 0.717) is 13.0 Å². The summed E-state index contributed by atoms with van der Waals surface area (Å²) >= 11 is 0. The summed E-state index contributed by atoms with van der Waals surface area (Å²) in [6, 6.07) is -2.45. The van der Waals surface area contributed by atoms with Crippen molar-refractivity contribution >= 4 is 23.9 Å². The van der Waals surface area contributed by atoms with E-state index in [9.17, 15) is 19.2 Å². The summed E-state index contributed by atoms with van der Waals surface area (Å²) in [6.07, 6.45) is -0.709. The second-order valence-electron chi connectivity index (χ2n) is 11.2. The van der Waals surface area contributed by atoms with Crippen molar-refractivity contribution in [3.05, 3.63) is 0 Å². The second kappa shape index (κ2) is 11.5. The molecule has 0 aliphatic carbocycles. The van der Waals surface area contributed by atoms with Crippen LogP contribution in [0.2, 0.25) is 0 Å². The first kappa shape index (κ1) is 28.7. The highest BCUT2D eigenvalue weighted by Crippen LogP contribution is 2.35. The van der Waals surface area contributed by atoms with Crippen LogP contribution in [0.15, 0.2) is 0 Å². The van der Waals surface area contributed by atoms with Gasteiger partial charge in [0.15, 0.2) is 0 Å². The van der Waals surface area contributed by atoms with Crippen LogP contribution in [0.1, 0.15) is 61.8 Å². The van der Waals surface area contributed by atoms with E-state index < -0.39 is 35.7 Å². The molecule has 0 aromatic rings. The zero-order chi connectivity index (χ0) is 26.7. The minimum absolute atomic E-state index is 0.0565. The van der Waals surface area contributed by atoms with Gasteiger partial charge in [0.1, 0.15) is 12.1 Å². The molecule has 0 bridgehead atoms. The first-order valence-electron chi connectivity index (χ1n) is 12.5. The summed E-state index contributed by atoms with van der Waals surface area (Å²) < 4.78 is 5.74. The summed E-state index contributed by atoms with van der Waals surface area (Å²) in [7, 11) is 1.68. The van der Waals surface area contributed by atoms with Gasteiger partial charge < -0.3 is 35.8 Å². The lowest BCUT2D eigenvalue weighted by atomic mass is 9.85. The van der Waals surface area contributed by atoms with Gasteiger partial charge in [0.05, 0.1) is 24.7 Å². The van der Waals surface area contributed by atoms with Crippen LogP contribution in [-0.4, -0.2) is 96.2 Å². The first-order chi connectivity index (χ1) is 16.2. The molecule has 4 N–H and O–H groups in total. The molecule has 0 spiro atoms. The van der Waals surface area contributed by atoms with Crippen molar-refractivity contribution in [2.75, 3.05) is 20.1 Å². The van der Waals surface area contributed by atoms with Crippen LogP contribution in [-0.2, 0) is 14.3 Å². The van der Waals surface area contributed by atoms with Crippen molar-refractivity contribution in [3.8, 4) is 0 Å². The Morgan fingerprint density at radius 2 is 1.51 bits per heavy atom. The molecular formula is C24H44N6O5. The van der Waals surface area contributed by atoms with Gasteiger partial charge in [-0.1, -0.05) is 20.8 Å². The predicted octanol–water partition coefficient (Wildman–Crippen LogP) is 1.03. The normalized spacial score (nSPS) is 23.7. The molecule has 35 heavy (non-hydrogen) atoms. The number of hydrogen-bond acceptors (Lipinski definition) is 6. The summed E-state index contributed by atoms with van der Waals surface area (Å²) in [5.41, 5.74) is -0.559. The second-order valence-corrected chi connectivity index (χ2v) is 11.2. The molecule has 2 aliphatic heterocycles. The molecule has 2 heterocycles. The number of amides is 5. The minimum atomic E-state index is -0.784. The number of nitrogens with one attached hydrogen (secondary N) is 4. The standard InChI is InChI=1S/C24H44N6O5/c1-13(2)26-22(33)30-12-17(35-23(34)27-14(3)4)18-16(30)10-11-29(18)21(32)19(24(6,7)8)28-20(31)15(5)25-9/h13-19,25H,10-12H2,1-9H3,(H,26,33)(H,27,34)(H,28,31). The summed E-state index contributed by atoms with van der Waals surface area (Å²) in [5, 5.41) is 11.4. The minimum Gasteiger partial charge on any atom is -0.442 e. The van der Waals surface area contributed by atoms with Crippen LogP contribution in [0.4, 0.5) is 9.59 Å². The lowest BCUT2D eigenvalue weighted by molar-refractivity contribution is -0.141. The molecule has 11 heteroatoms. The van der Waals surface area contributed by atoms with E-state index in [2.05, 4.69) is 21.3 Å². The maximum Gasteiger partial charge on any atom is 0.407 e. The van der Waals surface area contributed by atoms with E-state index in [1.807, 2.05) is 48.5 Å². The molecule has 11 nitrogen and oxygen atoms in total. The molecule has 2 aliphatic rings. The highest BCUT2D eigenvalue weighted by molar-refractivity contribution is 5.90. The third-order valence-corrected chi connectivity index (χ3v) is 6.42. The molecule has 0 aromatic carbocycles. The lowest BCUT2D eigenvalue weighted by Gasteiger charge is -2.37. The van der Waals surface area contributed by atoms with Crippen molar-refractivity contribution in [1.29, 1.82) is 0 Å². The Kier molecular flexibility index (Phi) is 9.38. The molecule has 0 radical (unpaired) electrons. The van der Waals surface area contributed by atoms with Gasteiger partial charge in [0, 0.05) is 18.6 Å². The summed E-state index contributed by atoms with van der Waals surface area (Å²) in [4.78, 5) is 55.2. The number of carbonyl (C=O) groups is 4. The first-order valence-corrected chi connectivity index (χ1v) is 12.5. The number of alkyl carbamates (subject to hydrolysis) is 1. The average molecular weight is 497 g/mol. The number of nitrogens with zero attached hydrogens (tertiary/aromatic N) is 2. The van der Waals surface area contributed by atoms with E-state index in [1.165, 1.54) is 0 Å². The fourth-order valence-electron chi connectivity index (χ4n) is 4.57. The third-order valence-electron chi connectivity index (χ3n) is 6.42. The fraction of sp³-hybridized carbons (Fsp3) is 0.833. The molecule has 0 saturated carbocycles. The Labute approximate surface area is 209 Å². The van der Waals surface area contributed by atoms with E-state index in [4.69, 9.17) is 4.74 Å². The molecule has 0 aromatic heterocycles. The van der Waals surface area contributed by atoms with Crippen molar-refractivity contribution in [2.45, 2.75) is 104 Å². The zero-order valence-electron chi connectivity index (χ0n) is 22.6. The van der Waals surface area contributed by atoms with E-state index >= 15 is 0 Å². The van der Waals surface area contributed by atoms with E-state index in [1.54, 1.807) is 23.8 Å². The fourth-order valence-corrected chi connectivity index (χ4v) is 4.57. The van der Waals surface area contributed by atoms with Gasteiger partial charge in [-0.25, -0.2) is 9.59 Å². The highest BCUT2D eigenvalue weighted by Gasteiger charge is 2.55. The number of carbonyl (C=O) groups excluding carboxylic acids is 4. The van der Waals surface area contributed by atoms with Crippen molar-refractivity contribution < 1.29 is 23.9 Å². The maximum atomic E-state index is 13.9. The Bertz CT molecular complexity index is 796. The number of hydrogen-bond donors (Lipinski definition) is 4.